The average molecular weight is 554 g/mol. The maximum atomic E-state index is 12.5. The highest BCUT2D eigenvalue weighted by atomic mass is 16.5. The standard InChI is InChI=1S/C33H63NO5/c1-3-5-7-9-11-13-14-17-21-25-30(39-33(38)28-24-20-15-12-10-8-6-4-2)26-22-18-16-19-23-27-31(35)34-29-32(36)37/h30H,3-29H2,1-2H3,(H,34,35)(H,36,37). The number of hydrogen-bond donors (Lipinski definition) is 2. The molecule has 0 bridgehead atoms. The molecule has 230 valence electrons. The lowest BCUT2D eigenvalue weighted by Crippen LogP contribution is -2.28. The lowest BCUT2D eigenvalue weighted by Gasteiger charge is -2.18. The lowest BCUT2D eigenvalue weighted by atomic mass is 10.0. The van der Waals surface area contributed by atoms with Crippen molar-refractivity contribution in [2.45, 2.75) is 187 Å². The van der Waals surface area contributed by atoms with Crippen LogP contribution in [-0.2, 0) is 19.1 Å². The number of amides is 1. The number of esters is 1. The Balaban J connectivity index is 4.14. The highest BCUT2D eigenvalue weighted by molar-refractivity contribution is 5.80. The van der Waals surface area contributed by atoms with Gasteiger partial charge in [-0.25, -0.2) is 0 Å². The van der Waals surface area contributed by atoms with Gasteiger partial charge in [0.25, 0.3) is 0 Å². The van der Waals surface area contributed by atoms with Gasteiger partial charge in [-0.05, 0) is 38.5 Å². The molecule has 0 spiro atoms. The number of rotatable bonds is 30. The Labute approximate surface area is 240 Å². The average Bonchev–Trinajstić information content (AvgIpc) is 2.91. The second-order valence-electron chi connectivity index (χ2n) is 11.4. The number of carboxylic acids is 1. The predicted molar refractivity (Wildman–Crippen MR) is 162 cm³/mol. The molecule has 0 radical (unpaired) electrons. The molecule has 39 heavy (non-hydrogen) atoms. The molecule has 0 fully saturated rings. The molecule has 0 aliphatic rings. The summed E-state index contributed by atoms with van der Waals surface area (Å²) in [5.74, 6) is -1.23. The lowest BCUT2D eigenvalue weighted by molar-refractivity contribution is -0.150. The van der Waals surface area contributed by atoms with Crippen molar-refractivity contribution in [1.82, 2.24) is 5.32 Å². The van der Waals surface area contributed by atoms with Crippen molar-refractivity contribution < 1.29 is 24.2 Å². The highest BCUT2D eigenvalue weighted by Crippen LogP contribution is 2.19. The maximum absolute atomic E-state index is 12.5. The molecule has 6 heteroatoms. The van der Waals surface area contributed by atoms with E-state index in [0.29, 0.717) is 12.8 Å². The van der Waals surface area contributed by atoms with Gasteiger partial charge in [0.2, 0.25) is 5.91 Å². The van der Waals surface area contributed by atoms with E-state index >= 15 is 0 Å². The predicted octanol–water partition coefficient (Wildman–Crippen LogP) is 9.28. The second-order valence-corrected chi connectivity index (χ2v) is 11.4. The number of carbonyl (C=O) groups is 3. The van der Waals surface area contributed by atoms with Crippen molar-refractivity contribution in [2.24, 2.45) is 0 Å². The molecular formula is C33H63NO5. The monoisotopic (exact) mass is 553 g/mol. The summed E-state index contributed by atoms with van der Waals surface area (Å²) >= 11 is 0. The third-order valence-electron chi connectivity index (χ3n) is 7.53. The number of unbranched alkanes of at least 4 members (excludes halogenated alkanes) is 19. The minimum Gasteiger partial charge on any atom is -0.480 e. The van der Waals surface area contributed by atoms with E-state index in [1.165, 1.54) is 89.9 Å². The topological polar surface area (TPSA) is 92.7 Å². The summed E-state index contributed by atoms with van der Waals surface area (Å²) in [4.78, 5) is 34.6. The normalized spacial score (nSPS) is 11.8. The van der Waals surface area contributed by atoms with Crippen LogP contribution in [0, 0.1) is 0 Å². The first-order chi connectivity index (χ1) is 19.0. The van der Waals surface area contributed by atoms with Crippen LogP contribution in [-0.4, -0.2) is 35.6 Å². The number of carboxylic acid groups (broad SMARTS) is 1. The zero-order chi connectivity index (χ0) is 28.8. The number of carbonyl (C=O) groups excluding carboxylic acids is 2. The maximum Gasteiger partial charge on any atom is 0.322 e. The van der Waals surface area contributed by atoms with E-state index in [1.54, 1.807) is 0 Å². The van der Waals surface area contributed by atoms with Gasteiger partial charge >= 0.3 is 11.9 Å². The van der Waals surface area contributed by atoms with E-state index in [4.69, 9.17) is 9.84 Å². The van der Waals surface area contributed by atoms with Gasteiger partial charge in [0.15, 0.2) is 0 Å². The molecule has 0 rings (SSSR count). The van der Waals surface area contributed by atoms with Crippen LogP contribution in [0.25, 0.3) is 0 Å². The fraction of sp³-hybridized carbons (Fsp3) is 0.909. The van der Waals surface area contributed by atoms with Crippen LogP contribution in [0.3, 0.4) is 0 Å². The van der Waals surface area contributed by atoms with Gasteiger partial charge < -0.3 is 15.2 Å². The van der Waals surface area contributed by atoms with Crippen LogP contribution < -0.4 is 5.32 Å². The Morgan fingerprint density at radius 1 is 0.564 bits per heavy atom. The van der Waals surface area contributed by atoms with Crippen LogP contribution in [0.2, 0.25) is 0 Å². The zero-order valence-electron chi connectivity index (χ0n) is 25.7. The second kappa shape index (κ2) is 29.4. The van der Waals surface area contributed by atoms with Crippen molar-refractivity contribution in [2.75, 3.05) is 6.54 Å². The van der Waals surface area contributed by atoms with Gasteiger partial charge in [-0.3, -0.25) is 14.4 Å². The van der Waals surface area contributed by atoms with Crippen molar-refractivity contribution in [3.05, 3.63) is 0 Å². The first-order valence-corrected chi connectivity index (χ1v) is 16.7. The van der Waals surface area contributed by atoms with Crippen molar-refractivity contribution in [3.63, 3.8) is 0 Å². The van der Waals surface area contributed by atoms with E-state index in [0.717, 1.165) is 64.2 Å². The minimum atomic E-state index is -1.01. The van der Waals surface area contributed by atoms with Crippen molar-refractivity contribution in [3.8, 4) is 0 Å². The van der Waals surface area contributed by atoms with Crippen LogP contribution >= 0.6 is 0 Å². The molecule has 0 saturated carbocycles. The molecule has 1 unspecified atom stereocenters. The van der Waals surface area contributed by atoms with Gasteiger partial charge in [0.05, 0.1) is 0 Å². The summed E-state index contributed by atoms with van der Waals surface area (Å²) in [6.45, 7) is 4.19. The fourth-order valence-electron chi connectivity index (χ4n) is 5.04. The third-order valence-corrected chi connectivity index (χ3v) is 7.53. The molecule has 0 aromatic heterocycles. The number of nitrogens with one attached hydrogen (secondary N) is 1. The van der Waals surface area contributed by atoms with Crippen molar-refractivity contribution in [1.29, 1.82) is 0 Å². The molecule has 0 saturated heterocycles. The number of ether oxygens (including phenoxy) is 1. The number of hydrogen-bond acceptors (Lipinski definition) is 4. The molecule has 0 heterocycles. The van der Waals surface area contributed by atoms with Crippen LogP contribution in [0.5, 0.6) is 0 Å². The van der Waals surface area contributed by atoms with E-state index in [-0.39, 0.29) is 24.5 Å². The SMILES string of the molecule is CCCCCCCCCCCC(CCCCCCCC(=O)NCC(=O)O)OC(=O)CCCCCCCCCC. The summed E-state index contributed by atoms with van der Waals surface area (Å²) in [6.07, 6.45) is 29.3. The van der Waals surface area contributed by atoms with Crippen LogP contribution in [0.4, 0.5) is 0 Å². The molecule has 0 aromatic carbocycles. The van der Waals surface area contributed by atoms with E-state index in [9.17, 15) is 14.4 Å². The van der Waals surface area contributed by atoms with Crippen LogP contribution in [0.15, 0.2) is 0 Å². The molecular weight excluding hydrogens is 490 g/mol. The largest absolute Gasteiger partial charge is 0.480 e. The molecule has 0 aliphatic carbocycles. The van der Waals surface area contributed by atoms with Gasteiger partial charge in [-0.15, -0.1) is 0 Å². The van der Waals surface area contributed by atoms with E-state index < -0.39 is 5.97 Å². The fourth-order valence-corrected chi connectivity index (χ4v) is 5.04. The molecule has 1 atom stereocenters. The Kier molecular flexibility index (Phi) is 28.2. The summed E-state index contributed by atoms with van der Waals surface area (Å²) in [7, 11) is 0. The Bertz CT molecular complexity index is 580. The smallest absolute Gasteiger partial charge is 0.322 e. The summed E-state index contributed by atoms with van der Waals surface area (Å²) in [5.41, 5.74) is 0. The number of aliphatic carboxylic acids is 1. The van der Waals surface area contributed by atoms with Crippen molar-refractivity contribution >= 4 is 17.8 Å². The molecule has 2 N–H and O–H groups in total. The van der Waals surface area contributed by atoms with Gasteiger partial charge in [0, 0.05) is 12.8 Å². The third kappa shape index (κ3) is 29.2. The Hall–Kier alpha value is -1.59. The van der Waals surface area contributed by atoms with Crippen LogP contribution in [0.1, 0.15) is 181 Å². The molecule has 0 aromatic rings. The van der Waals surface area contributed by atoms with Gasteiger partial charge in [0.1, 0.15) is 12.6 Å². The summed E-state index contributed by atoms with van der Waals surface area (Å²) < 4.78 is 5.95. The molecule has 6 nitrogen and oxygen atoms in total. The first kappa shape index (κ1) is 37.4. The van der Waals surface area contributed by atoms with E-state index in [2.05, 4.69) is 19.2 Å². The first-order valence-electron chi connectivity index (χ1n) is 16.7. The van der Waals surface area contributed by atoms with Gasteiger partial charge in [-0.2, -0.15) is 0 Å². The Morgan fingerprint density at radius 2 is 0.949 bits per heavy atom. The molecule has 0 aliphatic heterocycles. The summed E-state index contributed by atoms with van der Waals surface area (Å²) in [6, 6.07) is 0. The summed E-state index contributed by atoms with van der Waals surface area (Å²) in [5, 5.41) is 11.0. The van der Waals surface area contributed by atoms with Gasteiger partial charge in [-0.1, -0.05) is 129 Å². The minimum absolute atomic E-state index is 0.0192. The quantitative estimate of drug-likeness (QED) is 0.0683. The highest BCUT2D eigenvalue weighted by Gasteiger charge is 2.14. The molecule has 1 amide bonds. The van der Waals surface area contributed by atoms with E-state index in [1.807, 2.05) is 0 Å². The zero-order valence-corrected chi connectivity index (χ0v) is 25.7. The Morgan fingerprint density at radius 3 is 1.38 bits per heavy atom.